The fourth-order valence-corrected chi connectivity index (χ4v) is 5.83. The van der Waals surface area contributed by atoms with E-state index in [2.05, 4.69) is 16.0 Å². The zero-order chi connectivity index (χ0) is 23.5. The van der Waals surface area contributed by atoms with Gasteiger partial charge in [-0.2, -0.15) is 0 Å². The van der Waals surface area contributed by atoms with Crippen LogP contribution in [0, 0.1) is 0 Å². The lowest BCUT2D eigenvalue weighted by atomic mass is 10.0. The number of piperidine rings is 1. The summed E-state index contributed by atoms with van der Waals surface area (Å²) in [5.41, 5.74) is 1.67. The van der Waals surface area contributed by atoms with Gasteiger partial charge in [0.2, 0.25) is 12.7 Å². The number of likely N-dealkylation sites (tertiary alicyclic amines) is 1. The van der Waals surface area contributed by atoms with Crippen molar-refractivity contribution in [1.82, 2.24) is 15.5 Å². The van der Waals surface area contributed by atoms with Gasteiger partial charge in [-0.25, -0.2) is 4.79 Å². The van der Waals surface area contributed by atoms with Crippen LogP contribution in [0.2, 0.25) is 0 Å². The van der Waals surface area contributed by atoms with Gasteiger partial charge in [0.15, 0.2) is 11.5 Å². The standard InChI is InChI=1S/C24H28N4O5S/c1-31-18-4-2-3-17(12-18)26-23(30)28-9-7-24(8-10-28)27-19(14-34-24)22(29)25-13-16-5-6-20-21(11-16)33-15-32-20/h2-6,11-12,19,27H,7-10,13-15H2,1H3,(H,25,29)(H,26,30). The van der Waals surface area contributed by atoms with Crippen molar-refractivity contribution >= 4 is 29.4 Å². The molecule has 0 aromatic heterocycles. The number of methoxy groups -OCH3 is 1. The highest BCUT2D eigenvalue weighted by Gasteiger charge is 2.44. The number of benzene rings is 2. The molecule has 3 N–H and O–H groups in total. The van der Waals surface area contributed by atoms with Crippen LogP contribution in [-0.2, 0) is 11.3 Å². The SMILES string of the molecule is COc1cccc(NC(=O)N2CCC3(CC2)NC(C(=O)NCc2ccc4c(c2)OCO4)CS3)c1. The number of urea groups is 1. The number of nitrogens with zero attached hydrogens (tertiary/aromatic N) is 1. The molecule has 2 aromatic carbocycles. The molecule has 1 atom stereocenters. The second-order valence-electron chi connectivity index (χ2n) is 8.56. The van der Waals surface area contributed by atoms with Crippen molar-refractivity contribution in [3.05, 3.63) is 48.0 Å². The third-order valence-corrected chi connectivity index (χ3v) is 7.94. The van der Waals surface area contributed by atoms with Crippen LogP contribution in [0.4, 0.5) is 10.5 Å². The maximum atomic E-state index is 12.8. The molecule has 10 heteroatoms. The second-order valence-corrected chi connectivity index (χ2v) is 9.96. The number of nitrogens with one attached hydrogen (secondary N) is 3. The smallest absolute Gasteiger partial charge is 0.321 e. The Morgan fingerprint density at radius 1 is 1.18 bits per heavy atom. The zero-order valence-electron chi connectivity index (χ0n) is 19.0. The highest BCUT2D eigenvalue weighted by Crippen LogP contribution is 2.39. The molecule has 2 saturated heterocycles. The van der Waals surface area contributed by atoms with Gasteiger partial charge in [-0.15, -0.1) is 11.8 Å². The molecule has 0 bridgehead atoms. The molecular formula is C24H28N4O5S. The summed E-state index contributed by atoms with van der Waals surface area (Å²) >= 11 is 1.78. The minimum atomic E-state index is -0.254. The number of hydrogen-bond acceptors (Lipinski definition) is 7. The molecule has 9 nitrogen and oxygen atoms in total. The predicted molar refractivity (Wildman–Crippen MR) is 129 cm³/mol. The summed E-state index contributed by atoms with van der Waals surface area (Å²) in [5, 5.41) is 9.50. The highest BCUT2D eigenvalue weighted by atomic mass is 32.2. The molecule has 2 aromatic rings. The van der Waals surface area contributed by atoms with Gasteiger partial charge in [-0.05, 0) is 42.7 Å². The Labute approximate surface area is 202 Å². The Bertz CT molecular complexity index is 1070. The molecule has 3 amide bonds. The number of ether oxygens (including phenoxy) is 3. The quantitative estimate of drug-likeness (QED) is 0.600. The molecule has 3 aliphatic heterocycles. The lowest BCUT2D eigenvalue weighted by Crippen LogP contribution is -2.54. The molecule has 0 radical (unpaired) electrons. The monoisotopic (exact) mass is 484 g/mol. The lowest BCUT2D eigenvalue weighted by molar-refractivity contribution is -0.122. The Morgan fingerprint density at radius 3 is 2.82 bits per heavy atom. The summed E-state index contributed by atoms with van der Waals surface area (Å²) in [4.78, 5) is 27.1. The van der Waals surface area contributed by atoms with Crippen molar-refractivity contribution in [3.63, 3.8) is 0 Å². The average Bonchev–Trinajstić information content (AvgIpc) is 3.50. The van der Waals surface area contributed by atoms with E-state index in [1.54, 1.807) is 24.9 Å². The summed E-state index contributed by atoms with van der Waals surface area (Å²) in [7, 11) is 1.60. The van der Waals surface area contributed by atoms with Crippen molar-refractivity contribution in [2.24, 2.45) is 0 Å². The summed E-state index contributed by atoms with van der Waals surface area (Å²) in [5.74, 6) is 2.84. The number of anilines is 1. The van der Waals surface area contributed by atoms with Crippen molar-refractivity contribution in [1.29, 1.82) is 0 Å². The zero-order valence-corrected chi connectivity index (χ0v) is 19.8. The van der Waals surface area contributed by atoms with Gasteiger partial charge in [0.1, 0.15) is 5.75 Å². The van der Waals surface area contributed by atoms with E-state index in [4.69, 9.17) is 14.2 Å². The van der Waals surface area contributed by atoms with Crippen LogP contribution in [-0.4, -0.2) is 60.5 Å². The van der Waals surface area contributed by atoms with Crippen molar-refractivity contribution in [2.45, 2.75) is 30.3 Å². The molecule has 34 heavy (non-hydrogen) atoms. The van der Waals surface area contributed by atoms with Crippen LogP contribution in [0.15, 0.2) is 42.5 Å². The van der Waals surface area contributed by atoms with Crippen molar-refractivity contribution in [2.75, 3.05) is 38.1 Å². The number of hydrogen-bond donors (Lipinski definition) is 3. The maximum Gasteiger partial charge on any atom is 0.321 e. The number of carbonyl (C=O) groups is 2. The topological polar surface area (TPSA) is 101 Å². The largest absolute Gasteiger partial charge is 0.497 e. The first-order chi connectivity index (χ1) is 16.5. The number of thioether (sulfide) groups is 1. The molecule has 3 aliphatic rings. The molecular weight excluding hydrogens is 456 g/mol. The minimum Gasteiger partial charge on any atom is -0.497 e. The van der Waals surface area contributed by atoms with Gasteiger partial charge >= 0.3 is 6.03 Å². The van der Waals surface area contributed by atoms with Crippen LogP contribution >= 0.6 is 11.8 Å². The molecule has 2 fully saturated rings. The van der Waals surface area contributed by atoms with Crippen LogP contribution in [0.3, 0.4) is 0 Å². The van der Waals surface area contributed by atoms with Crippen LogP contribution in [0.5, 0.6) is 17.2 Å². The van der Waals surface area contributed by atoms with Crippen molar-refractivity contribution < 1.29 is 23.8 Å². The Morgan fingerprint density at radius 2 is 2.00 bits per heavy atom. The second kappa shape index (κ2) is 9.63. The average molecular weight is 485 g/mol. The van der Waals surface area contributed by atoms with E-state index < -0.39 is 0 Å². The van der Waals surface area contributed by atoms with Gasteiger partial charge in [-0.3, -0.25) is 10.1 Å². The van der Waals surface area contributed by atoms with Crippen LogP contribution < -0.4 is 30.2 Å². The summed E-state index contributed by atoms with van der Waals surface area (Å²) < 4.78 is 15.9. The molecule has 1 unspecified atom stereocenters. The van der Waals surface area contributed by atoms with E-state index in [1.165, 1.54) is 0 Å². The van der Waals surface area contributed by atoms with Gasteiger partial charge in [-0.1, -0.05) is 12.1 Å². The Balaban J connectivity index is 1.09. The summed E-state index contributed by atoms with van der Waals surface area (Å²) in [6, 6.07) is 12.6. The van der Waals surface area contributed by atoms with Gasteiger partial charge < -0.3 is 29.7 Å². The lowest BCUT2D eigenvalue weighted by Gasteiger charge is -2.39. The maximum absolute atomic E-state index is 12.8. The fourth-order valence-electron chi connectivity index (χ4n) is 4.41. The van der Waals surface area contributed by atoms with E-state index in [9.17, 15) is 9.59 Å². The van der Waals surface area contributed by atoms with Gasteiger partial charge in [0.25, 0.3) is 0 Å². The molecule has 0 saturated carbocycles. The third kappa shape index (κ3) is 4.88. The molecule has 180 valence electrons. The fraction of sp³-hybridized carbons (Fsp3) is 0.417. The highest BCUT2D eigenvalue weighted by molar-refractivity contribution is 8.01. The van der Waals surface area contributed by atoms with E-state index >= 15 is 0 Å². The molecule has 5 rings (SSSR count). The number of carbonyl (C=O) groups excluding carboxylic acids is 2. The van der Waals surface area contributed by atoms with E-state index in [0.717, 1.165) is 24.2 Å². The first-order valence-corrected chi connectivity index (χ1v) is 12.3. The van der Waals surface area contributed by atoms with E-state index in [0.29, 0.717) is 42.6 Å². The predicted octanol–water partition coefficient (Wildman–Crippen LogP) is 2.77. The van der Waals surface area contributed by atoms with Gasteiger partial charge in [0, 0.05) is 37.1 Å². The van der Waals surface area contributed by atoms with E-state index in [-0.39, 0.29) is 29.6 Å². The first kappa shape index (κ1) is 22.7. The number of fused-ring (bicyclic) bond motifs is 1. The summed E-state index contributed by atoms with van der Waals surface area (Å²) in [6.07, 6.45) is 1.57. The van der Waals surface area contributed by atoms with E-state index in [1.807, 2.05) is 41.3 Å². The summed E-state index contributed by atoms with van der Waals surface area (Å²) in [6.45, 7) is 1.92. The normalized spacial score (nSPS) is 20.3. The third-order valence-electron chi connectivity index (χ3n) is 6.36. The van der Waals surface area contributed by atoms with Gasteiger partial charge in [0.05, 0.1) is 18.0 Å². The molecule has 1 spiro atoms. The van der Waals surface area contributed by atoms with Crippen LogP contribution in [0.1, 0.15) is 18.4 Å². The Kier molecular flexibility index (Phi) is 6.42. The molecule has 0 aliphatic carbocycles. The van der Waals surface area contributed by atoms with Crippen molar-refractivity contribution in [3.8, 4) is 17.2 Å². The molecule has 3 heterocycles. The minimum absolute atomic E-state index is 0.0137. The van der Waals surface area contributed by atoms with Crippen LogP contribution in [0.25, 0.3) is 0 Å². The first-order valence-electron chi connectivity index (χ1n) is 11.3. The number of rotatable bonds is 5. The number of amides is 3. The Hall–Kier alpha value is -3.11.